The second-order valence-corrected chi connectivity index (χ2v) is 7.06. The van der Waals surface area contributed by atoms with E-state index in [9.17, 15) is 9.59 Å². The van der Waals surface area contributed by atoms with Gasteiger partial charge in [0.2, 0.25) is 5.91 Å². The molecular weight excluding hydrogens is 398 g/mol. The molecule has 0 heterocycles. The van der Waals surface area contributed by atoms with Crippen molar-refractivity contribution in [3.05, 3.63) is 101 Å². The molecule has 0 aliphatic heterocycles. The second kappa shape index (κ2) is 10.4. The van der Waals surface area contributed by atoms with Crippen LogP contribution in [-0.2, 0) is 4.79 Å². The molecule has 30 heavy (non-hydrogen) atoms. The van der Waals surface area contributed by atoms with E-state index in [0.717, 1.165) is 17.7 Å². The summed E-state index contributed by atoms with van der Waals surface area (Å²) in [6, 6.07) is 21.2. The summed E-state index contributed by atoms with van der Waals surface area (Å²) in [5.41, 5.74) is 2.14. The van der Waals surface area contributed by atoms with Crippen LogP contribution in [0.25, 0.3) is 6.08 Å². The van der Waals surface area contributed by atoms with Crippen LogP contribution < -0.4 is 10.1 Å². The summed E-state index contributed by atoms with van der Waals surface area (Å²) >= 11 is 6.08. The average molecular weight is 420 g/mol. The lowest BCUT2D eigenvalue weighted by Crippen LogP contribution is -2.12. The van der Waals surface area contributed by atoms with E-state index in [1.165, 1.54) is 6.08 Å². The standard InChI is InChI=1S/C25H22ClNO3/c1-2-16-30-21-12-8-18(9-13-21)10-15-24(28)27-23-14-11-20(26)17-22(23)25(29)19-6-4-3-5-7-19/h3-15,17H,2,16H2,1H3,(H,27,28). The number of anilines is 1. The Labute approximate surface area is 181 Å². The van der Waals surface area contributed by atoms with Crippen molar-refractivity contribution in [2.45, 2.75) is 13.3 Å². The minimum atomic E-state index is -0.342. The predicted molar refractivity (Wildman–Crippen MR) is 121 cm³/mol. The molecule has 0 aliphatic carbocycles. The Balaban J connectivity index is 1.72. The molecule has 1 amide bonds. The van der Waals surface area contributed by atoms with Crippen molar-refractivity contribution in [2.24, 2.45) is 0 Å². The zero-order valence-electron chi connectivity index (χ0n) is 16.6. The largest absolute Gasteiger partial charge is 0.494 e. The van der Waals surface area contributed by atoms with Crippen LogP contribution in [0, 0.1) is 0 Å². The van der Waals surface area contributed by atoms with Crippen LogP contribution in [0.2, 0.25) is 5.02 Å². The van der Waals surface area contributed by atoms with E-state index in [4.69, 9.17) is 16.3 Å². The molecule has 4 nitrogen and oxygen atoms in total. The van der Waals surface area contributed by atoms with Crippen molar-refractivity contribution < 1.29 is 14.3 Å². The van der Waals surface area contributed by atoms with Crippen LogP contribution in [0.5, 0.6) is 5.75 Å². The number of halogens is 1. The first-order chi connectivity index (χ1) is 14.6. The zero-order valence-corrected chi connectivity index (χ0v) is 17.4. The molecule has 3 rings (SSSR count). The van der Waals surface area contributed by atoms with Crippen molar-refractivity contribution in [3.8, 4) is 5.75 Å². The van der Waals surface area contributed by atoms with Gasteiger partial charge in [-0.3, -0.25) is 9.59 Å². The molecule has 3 aromatic rings. The third-order valence-electron chi connectivity index (χ3n) is 4.30. The van der Waals surface area contributed by atoms with Gasteiger partial charge in [0.25, 0.3) is 0 Å². The molecule has 0 saturated carbocycles. The fraction of sp³-hybridized carbons (Fsp3) is 0.120. The van der Waals surface area contributed by atoms with Crippen LogP contribution in [0.4, 0.5) is 5.69 Å². The summed E-state index contributed by atoms with van der Waals surface area (Å²) in [6.45, 7) is 2.72. The smallest absolute Gasteiger partial charge is 0.248 e. The van der Waals surface area contributed by atoms with E-state index < -0.39 is 0 Å². The normalized spacial score (nSPS) is 10.7. The molecule has 0 atom stereocenters. The maximum Gasteiger partial charge on any atom is 0.248 e. The first kappa shape index (κ1) is 21.3. The van der Waals surface area contributed by atoms with Gasteiger partial charge >= 0.3 is 0 Å². The monoisotopic (exact) mass is 419 g/mol. The molecule has 0 unspecified atom stereocenters. The van der Waals surface area contributed by atoms with E-state index in [1.807, 2.05) is 30.3 Å². The minimum Gasteiger partial charge on any atom is -0.494 e. The highest BCUT2D eigenvalue weighted by Crippen LogP contribution is 2.24. The van der Waals surface area contributed by atoms with Crippen molar-refractivity contribution in [3.63, 3.8) is 0 Å². The average Bonchev–Trinajstić information content (AvgIpc) is 2.78. The van der Waals surface area contributed by atoms with Gasteiger partial charge in [-0.15, -0.1) is 0 Å². The lowest BCUT2D eigenvalue weighted by molar-refractivity contribution is -0.111. The topological polar surface area (TPSA) is 55.4 Å². The predicted octanol–water partition coefficient (Wildman–Crippen LogP) is 6.01. The van der Waals surface area contributed by atoms with Crippen LogP contribution in [0.1, 0.15) is 34.8 Å². The number of hydrogen-bond acceptors (Lipinski definition) is 3. The molecule has 1 N–H and O–H groups in total. The Morgan fingerprint density at radius 3 is 2.43 bits per heavy atom. The number of ether oxygens (including phenoxy) is 1. The van der Waals surface area contributed by atoms with Crippen LogP contribution in [0.3, 0.4) is 0 Å². The number of ketones is 1. The quantitative estimate of drug-likeness (QED) is 0.359. The Kier molecular flexibility index (Phi) is 7.41. The molecule has 0 aliphatic rings. The van der Waals surface area contributed by atoms with Crippen molar-refractivity contribution in [2.75, 3.05) is 11.9 Å². The highest BCUT2D eigenvalue weighted by molar-refractivity contribution is 6.31. The van der Waals surface area contributed by atoms with Gasteiger partial charge in [-0.1, -0.05) is 61.0 Å². The molecule has 0 fully saturated rings. The van der Waals surface area contributed by atoms with Gasteiger partial charge in [-0.25, -0.2) is 0 Å². The fourth-order valence-corrected chi connectivity index (χ4v) is 2.97. The highest BCUT2D eigenvalue weighted by atomic mass is 35.5. The van der Waals surface area contributed by atoms with Crippen LogP contribution in [-0.4, -0.2) is 18.3 Å². The summed E-state index contributed by atoms with van der Waals surface area (Å²) in [5.74, 6) is 0.245. The van der Waals surface area contributed by atoms with Gasteiger partial charge in [0, 0.05) is 22.2 Å². The van der Waals surface area contributed by atoms with Crippen molar-refractivity contribution >= 4 is 35.1 Å². The van der Waals surface area contributed by atoms with Gasteiger partial charge in [0.15, 0.2) is 5.78 Å². The van der Waals surface area contributed by atoms with E-state index in [2.05, 4.69) is 12.2 Å². The minimum absolute atomic E-state index is 0.208. The van der Waals surface area contributed by atoms with Gasteiger partial charge < -0.3 is 10.1 Å². The Morgan fingerprint density at radius 2 is 1.73 bits per heavy atom. The summed E-state index contributed by atoms with van der Waals surface area (Å²) in [7, 11) is 0. The van der Waals surface area contributed by atoms with Gasteiger partial charge in [0.05, 0.1) is 12.3 Å². The number of carbonyl (C=O) groups is 2. The van der Waals surface area contributed by atoms with E-state index in [0.29, 0.717) is 28.4 Å². The van der Waals surface area contributed by atoms with Gasteiger partial charge in [0.1, 0.15) is 5.75 Å². The molecule has 0 aromatic heterocycles. The Morgan fingerprint density at radius 1 is 1.00 bits per heavy atom. The van der Waals surface area contributed by atoms with Crippen molar-refractivity contribution in [1.82, 2.24) is 0 Å². The van der Waals surface area contributed by atoms with E-state index in [-0.39, 0.29) is 11.7 Å². The first-order valence-corrected chi connectivity index (χ1v) is 10.1. The number of nitrogens with one attached hydrogen (secondary N) is 1. The highest BCUT2D eigenvalue weighted by Gasteiger charge is 2.15. The molecule has 152 valence electrons. The molecule has 0 saturated heterocycles. The summed E-state index contributed by atoms with van der Waals surface area (Å²) in [4.78, 5) is 25.3. The third kappa shape index (κ3) is 5.82. The SMILES string of the molecule is CCCOc1ccc(C=CC(=O)Nc2ccc(Cl)cc2C(=O)c2ccccc2)cc1. The molecule has 5 heteroatoms. The Bertz CT molecular complexity index is 1040. The molecule has 3 aromatic carbocycles. The first-order valence-electron chi connectivity index (χ1n) is 9.68. The summed E-state index contributed by atoms with van der Waals surface area (Å²) in [5, 5.41) is 3.19. The summed E-state index contributed by atoms with van der Waals surface area (Å²) < 4.78 is 5.55. The maximum atomic E-state index is 12.8. The number of amides is 1. The van der Waals surface area contributed by atoms with Crippen LogP contribution >= 0.6 is 11.6 Å². The Hall–Kier alpha value is -3.37. The van der Waals surface area contributed by atoms with E-state index in [1.54, 1.807) is 48.5 Å². The van der Waals surface area contributed by atoms with Crippen LogP contribution in [0.15, 0.2) is 78.9 Å². The zero-order chi connectivity index (χ0) is 21.3. The lowest BCUT2D eigenvalue weighted by atomic mass is 10.0. The van der Waals surface area contributed by atoms with Gasteiger partial charge in [-0.2, -0.15) is 0 Å². The molecule has 0 radical (unpaired) electrons. The van der Waals surface area contributed by atoms with Crippen molar-refractivity contribution in [1.29, 1.82) is 0 Å². The number of carbonyl (C=O) groups excluding carboxylic acids is 2. The van der Waals surface area contributed by atoms with E-state index >= 15 is 0 Å². The third-order valence-corrected chi connectivity index (χ3v) is 4.54. The molecular formula is C25H22ClNO3. The fourth-order valence-electron chi connectivity index (χ4n) is 2.80. The molecule has 0 bridgehead atoms. The second-order valence-electron chi connectivity index (χ2n) is 6.63. The lowest BCUT2D eigenvalue weighted by Gasteiger charge is -2.10. The maximum absolute atomic E-state index is 12.8. The number of benzene rings is 3. The number of hydrogen-bond donors (Lipinski definition) is 1. The summed E-state index contributed by atoms with van der Waals surface area (Å²) in [6.07, 6.45) is 4.07. The number of rotatable bonds is 8. The van der Waals surface area contributed by atoms with Gasteiger partial charge in [-0.05, 0) is 48.4 Å². The molecule has 0 spiro atoms.